The minimum atomic E-state index is -0.625. The highest BCUT2D eigenvalue weighted by Gasteiger charge is 2.36. The summed E-state index contributed by atoms with van der Waals surface area (Å²) in [6.45, 7) is 5.68. The Hall–Kier alpha value is -2.99. The fourth-order valence-corrected chi connectivity index (χ4v) is 3.17. The SMILES string of the molecule is CCOc1cc(/C=C2\SC(=O)N(CC(=O)OCC(C)C)C2=O)ccc1OCC#N. The van der Waals surface area contributed by atoms with E-state index >= 15 is 0 Å². The molecule has 8 nitrogen and oxygen atoms in total. The first-order valence-corrected chi connectivity index (χ1v) is 9.85. The van der Waals surface area contributed by atoms with E-state index in [4.69, 9.17) is 19.5 Å². The minimum absolute atomic E-state index is 0.120. The smallest absolute Gasteiger partial charge is 0.326 e. The summed E-state index contributed by atoms with van der Waals surface area (Å²) in [5, 5.41) is 8.13. The van der Waals surface area contributed by atoms with Gasteiger partial charge in [0.2, 0.25) is 0 Å². The van der Waals surface area contributed by atoms with Crippen LogP contribution in [-0.4, -0.2) is 48.4 Å². The summed E-state index contributed by atoms with van der Waals surface area (Å²) in [5.41, 5.74) is 0.616. The molecule has 9 heteroatoms. The lowest BCUT2D eigenvalue weighted by atomic mass is 10.2. The lowest BCUT2D eigenvalue weighted by molar-refractivity contribution is -0.147. The Balaban J connectivity index is 2.15. The van der Waals surface area contributed by atoms with E-state index in [0.717, 1.165) is 16.7 Å². The molecule has 1 saturated heterocycles. The Bertz CT molecular complexity index is 859. The summed E-state index contributed by atoms with van der Waals surface area (Å²) in [4.78, 5) is 37.6. The van der Waals surface area contributed by atoms with Crippen molar-refractivity contribution in [1.82, 2.24) is 4.90 Å². The number of nitrogens with zero attached hydrogens (tertiary/aromatic N) is 2. The van der Waals surface area contributed by atoms with Crippen molar-refractivity contribution in [2.75, 3.05) is 26.4 Å². The van der Waals surface area contributed by atoms with Crippen LogP contribution in [0.1, 0.15) is 26.3 Å². The summed E-state index contributed by atoms with van der Waals surface area (Å²) < 4.78 is 15.9. The summed E-state index contributed by atoms with van der Waals surface area (Å²) in [5.74, 6) is -0.183. The van der Waals surface area contributed by atoms with Crippen molar-refractivity contribution >= 4 is 35.0 Å². The Labute approximate surface area is 173 Å². The van der Waals surface area contributed by atoms with E-state index in [-0.39, 0.29) is 24.0 Å². The maximum Gasteiger partial charge on any atom is 0.326 e. The van der Waals surface area contributed by atoms with Crippen LogP contribution < -0.4 is 9.47 Å². The van der Waals surface area contributed by atoms with Crippen molar-refractivity contribution in [3.63, 3.8) is 0 Å². The van der Waals surface area contributed by atoms with E-state index in [1.165, 1.54) is 0 Å². The normalized spacial score (nSPS) is 15.0. The van der Waals surface area contributed by atoms with Crippen molar-refractivity contribution < 1.29 is 28.6 Å². The molecule has 2 rings (SSSR count). The first-order valence-electron chi connectivity index (χ1n) is 9.03. The molecular weight excluding hydrogens is 396 g/mol. The summed E-state index contributed by atoms with van der Waals surface area (Å²) >= 11 is 0.756. The number of hydrogen-bond acceptors (Lipinski definition) is 8. The van der Waals surface area contributed by atoms with E-state index in [1.54, 1.807) is 24.3 Å². The highest BCUT2D eigenvalue weighted by atomic mass is 32.2. The highest BCUT2D eigenvalue weighted by molar-refractivity contribution is 8.18. The lowest BCUT2D eigenvalue weighted by Crippen LogP contribution is -2.34. The molecule has 1 aliphatic heterocycles. The van der Waals surface area contributed by atoms with Crippen molar-refractivity contribution in [2.45, 2.75) is 20.8 Å². The highest BCUT2D eigenvalue weighted by Crippen LogP contribution is 2.34. The molecule has 0 aliphatic carbocycles. The van der Waals surface area contributed by atoms with E-state index < -0.39 is 23.7 Å². The molecule has 154 valence electrons. The maximum atomic E-state index is 12.5. The first-order chi connectivity index (χ1) is 13.8. The third-order valence-corrected chi connectivity index (χ3v) is 4.50. The Morgan fingerprint density at radius 3 is 2.69 bits per heavy atom. The number of ether oxygens (including phenoxy) is 3. The molecule has 1 aliphatic rings. The summed E-state index contributed by atoms with van der Waals surface area (Å²) in [6.07, 6.45) is 1.54. The molecule has 1 aromatic rings. The molecule has 29 heavy (non-hydrogen) atoms. The number of hydrogen-bond donors (Lipinski definition) is 0. The second kappa shape index (κ2) is 10.5. The lowest BCUT2D eigenvalue weighted by Gasteiger charge is -2.13. The number of nitriles is 1. The minimum Gasteiger partial charge on any atom is -0.490 e. The van der Waals surface area contributed by atoms with E-state index in [2.05, 4.69) is 0 Å². The maximum absolute atomic E-state index is 12.5. The summed E-state index contributed by atoms with van der Waals surface area (Å²) in [7, 11) is 0. The molecule has 0 atom stereocenters. The van der Waals surface area contributed by atoms with Crippen LogP contribution in [-0.2, 0) is 14.3 Å². The van der Waals surface area contributed by atoms with Crippen molar-refractivity contribution in [3.05, 3.63) is 28.7 Å². The van der Waals surface area contributed by atoms with Gasteiger partial charge in [0.15, 0.2) is 18.1 Å². The molecule has 0 radical (unpaired) electrons. The molecule has 1 aromatic carbocycles. The quantitative estimate of drug-likeness (QED) is 0.444. The van der Waals surface area contributed by atoms with Gasteiger partial charge in [-0.25, -0.2) is 0 Å². The molecule has 0 saturated carbocycles. The van der Waals surface area contributed by atoms with Crippen LogP contribution in [0.2, 0.25) is 0 Å². The van der Waals surface area contributed by atoms with Crippen molar-refractivity contribution in [3.8, 4) is 17.6 Å². The fourth-order valence-electron chi connectivity index (χ4n) is 2.33. The predicted octanol–water partition coefficient (Wildman–Crippen LogP) is 3.22. The van der Waals surface area contributed by atoms with E-state index in [1.807, 2.05) is 26.8 Å². The second-order valence-corrected chi connectivity index (χ2v) is 7.42. The average molecular weight is 418 g/mol. The van der Waals surface area contributed by atoms with Crippen LogP contribution in [0.4, 0.5) is 4.79 Å². The Morgan fingerprint density at radius 2 is 2.03 bits per heavy atom. The number of amides is 2. The number of benzene rings is 1. The number of rotatable bonds is 9. The molecule has 2 amide bonds. The Kier molecular flexibility index (Phi) is 8.09. The molecule has 0 spiro atoms. The molecule has 1 heterocycles. The molecule has 0 aromatic heterocycles. The number of imide groups is 1. The third kappa shape index (κ3) is 6.26. The van der Waals surface area contributed by atoms with Crippen molar-refractivity contribution in [2.24, 2.45) is 5.92 Å². The van der Waals surface area contributed by atoms with Gasteiger partial charge in [0.05, 0.1) is 18.1 Å². The van der Waals surface area contributed by atoms with Gasteiger partial charge in [-0.15, -0.1) is 0 Å². The molecular formula is C20H22N2O6S. The zero-order valence-electron chi connectivity index (χ0n) is 16.5. The van der Waals surface area contributed by atoms with Crippen LogP contribution in [0.25, 0.3) is 6.08 Å². The monoisotopic (exact) mass is 418 g/mol. The fraction of sp³-hybridized carbons (Fsp3) is 0.400. The van der Waals surface area contributed by atoms with Gasteiger partial charge in [-0.1, -0.05) is 19.9 Å². The van der Waals surface area contributed by atoms with Gasteiger partial charge in [0, 0.05) is 0 Å². The van der Waals surface area contributed by atoms with Crippen LogP contribution in [0, 0.1) is 17.2 Å². The number of thioether (sulfide) groups is 1. The number of carbonyl (C=O) groups excluding carboxylic acids is 3. The first kappa shape index (κ1) is 22.3. The number of carbonyl (C=O) groups is 3. The number of esters is 1. The van der Waals surface area contributed by atoms with Gasteiger partial charge in [0.25, 0.3) is 11.1 Å². The molecule has 1 fully saturated rings. The van der Waals surface area contributed by atoms with Gasteiger partial charge in [-0.05, 0) is 48.4 Å². The standard InChI is InChI=1S/C20H22N2O6S/c1-4-26-16-9-14(5-6-15(16)27-8-7-21)10-17-19(24)22(20(25)29-17)11-18(23)28-12-13(2)3/h5-6,9-10,13H,4,8,11-12H2,1-3H3/b17-10-. The third-order valence-electron chi connectivity index (χ3n) is 3.60. The van der Waals surface area contributed by atoms with Crippen molar-refractivity contribution in [1.29, 1.82) is 5.26 Å². The van der Waals surface area contributed by atoms with Crippen LogP contribution in [0.3, 0.4) is 0 Å². The zero-order valence-corrected chi connectivity index (χ0v) is 17.3. The topological polar surface area (TPSA) is 106 Å². The van der Waals surface area contributed by atoms with Crippen LogP contribution in [0.5, 0.6) is 11.5 Å². The summed E-state index contributed by atoms with van der Waals surface area (Å²) in [6, 6.07) is 6.85. The molecule has 0 unspecified atom stereocenters. The second-order valence-electron chi connectivity index (χ2n) is 6.43. The van der Waals surface area contributed by atoms with E-state index in [9.17, 15) is 14.4 Å². The van der Waals surface area contributed by atoms with Gasteiger partial charge < -0.3 is 14.2 Å². The molecule has 0 N–H and O–H groups in total. The van der Waals surface area contributed by atoms with Crippen LogP contribution in [0.15, 0.2) is 23.1 Å². The largest absolute Gasteiger partial charge is 0.490 e. The average Bonchev–Trinajstić information content (AvgIpc) is 2.93. The molecule has 0 bridgehead atoms. The Morgan fingerprint density at radius 1 is 1.28 bits per heavy atom. The van der Waals surface area contributed by atoms with Gasteiger partial charge >= 0.3 is 5.97 Å². The van der Waals surface area contributed by atoms with Gasteiger partial charge in [0.1, 0.15) is 12.6 Å². The van der Waals surface area contributed by atoms with Crippen LogP contribution >= 0.6 is 11.8 Å². The van der Waals surface area contributed by atoms with Gasteiger partial charge in [-0.3, -0.25) is 19.3 Å². The van der Waals surface area contributed by atoms with E-state index in [0.29, 0.717) is 23.7 Å². The zero-order chi connectivity index (χ0) is 21.4. The predicted molar refractivity (Wildman–Crippen MR) is 107 cm³/mol. The van der Waals surface area contributed by atoms with Gasteiger partial charge in [-0.2, -0.15) is 5.26 Å².